The van der Waals surface area contributed by atoms with Gasteiger partial charge in [0.15, 0.2) is 9.84 Å². The molecule has 9 heteroatoms. The van der Waals surface area contributed by atoms with Crippen LogP contribution in [-0.2, 0) is 24.7 Å². The number of nitrogens with zero attached hydrogens (tertiary/aromatic N) is 1. The van der Waals surface area contributed by atoms with Crippen molar-refractivity contribution >= 4 is 25.8 Å². The molecule has 0 aliphatic carbocycles. The van der Waals surface area contributed by atoms with Crippen molar-refractivity contribution in [3.05, 3.63) is 60.2 Å². The lowest BCUT2D eigenvalue weighted by Gasteiger charge is -2.38. The summed E-state index contributed by atoms with van der Waals surface area (Å²) in [7, 11) is -7.26. The van der Waals surface area contributed by atoms with Gasteiger partial charge >= 0.3 is 0 Å². The van der Waals surface area contributed by atoms with Crippen molar-refractivity contribution in [1.29, 1.82) is 0 Å². The van der Waals surface area contributed by atoms with Gasteiger partial charge in [-0.3, -0.25) is 4.79 Å². The number of fused-ring (bicyclic) bond motifs is 2. The fourth-order valence-electron chi connectivity index (χ4n) is 4.70. The number of hydrogen-bond donors (Lipinski definition) is 1. The van der Waals surface area contributed by atoms with E-state index in [1.165, 1.54) is 6.07 Å². The Hall–Kier alpha value is -2.23. The van der Waals surface area contributed by atoms with E-state index in [-0.39, 0.29) is 29.4 Å². The van der Waals surface area contributed by atoms with Gasteiger partial charge in [-0.1, -0.05) is 30.3 Å². The molecule has 0 spiro atoms. The van der Waals surface area contributed by atoms with Crippen LogP contribution in [0.2, 0.25) is 0 Å². The Morgan fingerprint density at radius 2 is 1.55 bits per heavy atom. The Kier molecular flexibility index (Phi) is 5.93. The van der Waals surface area contributed by atoms with Crippen molar-refractivity contribution in [2.24, 2.45) is 0 Å². The number of sulfonamides is 1. The first kappa shape index (κ1) is 22.0. The van der Waals surface area contributed by atoms with E-state index in [1.54, 1.807) is 60.4 Å². The van der Waals surface area contributed by atoms with E-state index in [4.69, 9.17) is 0 Å². The van der Waals surface area contributed by atoms with E-state index in [9.17, 15) is 21.6 Å². The van der Waals surface area contributed by atoms with Gasteiger partial charge in [-0.25, -0.2) is 21.6 Å². The van der Waals surface area contributed by atoms with Gasteiger partial charge in [-0.05, 0) is 62.4 Å². The second-order valence-corrected chi connectivity index (χ2v) is 12.3. The Morgan fingerprint density at radius 3 is 2.16 bits per heavy atom. The molecule has 2 aliphatic heterocycles. The molecule has 0 saturated carbocycles. The van der Waals surface area contributed by atoms with Crippen molar-refractivity contribution in [2.45, 2.75) is 59.7 Å². The van der Waals surface area contributed by atoms with Gasteiger partial charge in [0.1, 0.15) is 0 Å². The minimum absolute atomic E-state index is 0.121. The number of aryl methyl sites for hydroxylation is 1. The molecule has 2 atom stereocenters. The Bertz CT molecular complexity index is 1170. The van der Waals surface area contributed by atoms with Crippen LogP contribution in [0.4, 0.5) is 0 Å². The summed E-state index contributed by atoms with van der Waals surface area (Å²) in [6, 6.07) is 14.5. The molecule has 2 fully saturated rings. The highest BCUT2D eigenvalue weighted by Crippen LogP contribution is 2.39. The molecular formula is C22H26N2O5S2. The van der Waals surface area contributed by atoms with Gasteiger partial charge in [0.05, 0.1) is 21.6 Å². The fraction of sp³-hybridized carbons (Fsp3) is 0.409. The predicted octanol–water partition coefficient (Wildman–Crippen LogP) is 2.27. The highest BCUT2D eigenvalue weighted by Gasteiger charge is 2.47. The van der Waals surface area contributed by atoms with Gasteiger partial charge in [-0.15, -0.1) is 0 Å². The second-order valence-electron chi connectivity index (χ2n) is 8.28. The summed E-state index contributed by atoms with van der Waals surface area (Å²) >= 11 is 0. The topological polar surface area (TPSA) is 101 Å². The van der Waals surface area contributed by atoms with Crippen molar-refractivity contribution in [1.82, 2.24) is 9.62 Å². The Balaban J connectivity index is 1.43. The summed E-state index contributed by atoms with van der Waals surface area (Å²) in [6.07, 6.45) is 2.23. The van der Waals surface area contributed by atoms with Gasteiger partial charge in [-0.2, -0.15) is 0 Å². The standard InChI is InChI=1S/C22H26N2O5S2/c1-16-6-5-9-20(12-16)31(28,29)23-15-22(25)24-17-10-11-18(24)14-21(13-17)30(26,27)19-7-3-2-4-8-19/h2-9,12,17-18,21,23H,10-11,13-15H2,1H3. The Morgan fingerprint density at radius 1 is 0.935 bits per heavy atom. The van der Waals surface area contributed by atoms with Crippen LogP contribution in [0.3, 0.4) is 0 Å². The van der Waals surface area contributed by atoms with Crippen LogP contribution in [0.5, 0.6) is 0 Å². The third-order valence-electron chi connectivity index (χ3n) is 6.20. The number of piperidine rings is 1. The normalized spacial score (nSPS) is 23.6. The summed E-state index contributed by atoms with van der Waals surface area (Å²) in [5, 5.41) is -0.527. The van der Waals surface area contributed by atoms with E-state index in [1.807, 2.05) is 0 Å². The van der Waals surface area contributed by atoms with Gasteiger partial charge in [0.2, 0.25) is 15.9 Å². The third-order valence-corrected chi connectivity index (χ3v) is 9.79. The van der Waals surface area contributed by atoms with Crippen LogP contribution in [0.25, 0.3) is 0 Å². The van der Waals surface area contributed by atoms with Crippen LogP contribution in [0.1, 0.15) is 31.2 Å². The molecule has 7 nitrogen and oxygen atoms in total. The molecule has 31 heavy (non-hydrogen) atoms. The molecule has 2 heterocycles. The smallest absolute Gasteiger partial charge is 0.241 e. The average Bonchev–Trinajstić information content (AvgIpc) is 3.01. The van der Waals surface area contributed by atoms with Gasteiger partial charge in [0, 0.05) is 12.1 Å². The molecule has 4 rings (SSSR count). The van der Waals surface area contributed by atoms with Crippen LogP contribution in [-0.4, -0.2) is 51.5 Å². The first-order valence-corrected chi connectivity index (χ1v) is 13.4. The van der Waals surface area contributed by atoms with E-state index < -0.39 is 25.1 Å². The van der Waals surface area contributed by atoms with E-state index in [2.05, 4.69) is 4.72 Å². The number of amides is 1. The first-order chi connectivity index (χ1) is 14.7. The average molecular weight is 463 g/mol. The number of hydrogen-bond acceptors (Lipinski definition) is 5. The molecule has 2 aliphatic rings. The largest absolute Gasteiger partial charge is 0.336 e. The molecule has 166 valence electrons. The fourth-order valence-corrected chi connectivity index (χ4v) is 7.66. The third kappa shape index (κ3) is 4.40. The zero-order chi connectivity index (χ0) is 22.2. The molecule has 1 amide bonds. The maximum absolute atomic E-state index is 13.0. The lowest BCUT2D eigenvalue weighted by atomic mass is 10.0. The lowest BCUT2D eigenvalue weighted by molar-refractivity contribution is -0.134. The SMILES string of the molecule is Cc1cccc(S(=O)(=O)NCC(=O)N2C3CCC2CC(S(=O)(=O)c2ccccc2)C3)c1. The number of sulfone groups is 1. The first-order valence-electron chi connectivity index (χ1n) is 10.3. The van der Waals surface area contributed by atoms with Crippen molar-refractivity contribution in [3.63, 3.8) is 0 Å². The van der Waals surface area contributed by atoms with Crippen molar-refractivity contribution in [2.75, 3.05) is 6.54 Å². The summed E-state index contributed by atoms with van der Waals surface area (Å²) in [4.78, 5) is 15.0. The molecule has 2 bridgehead atoms. The van der Waals surface area contributed by atoms with Crippen molar-refractivity contribution in [3.8, 4) is 0 Å². The van der Waals surface area contributed by atoms with Crippen molar-refractivity contribution < 1.29 is 21.6 Å². The maximum Gasteiger partial charge on any atom is 0.241 e. The molecule has 1 N–H and O–H groups in total. The van der Waals surface area contributed by atoms with Gasteiger partial charge in [0.25, 0.3) is 0 Å². The maximum atomic E-state index is 13.0. The molecule has 2 unspecified atom stereocenters. The van der Waals surface area contributed by atoms with E-state index in [0.29, 0.717) is 17.7 Å². The zero-order valence-corrected chi connectivity index (χ0v) is 18.9. The second kappa shape index (κ2) is 8.37. The molecule has 0 aromatic heterocycles. The van der Waals surface area contributed by atoms with E-state index >= 15 is 0 Å². The Labute approximate surface area is 183 Å². The predicted molar refractivity (Wildman–Crippen MR) is 117 cm³/mol. The molecular weight excluding hydrogens is 436 g/mol. The summed E-state index contributed by atoms with van der Waals surface area (Å²) < 4.78 is 53.5. The number of carbonyl (C=O) groups excluding carboxylic acids is 1. The van der Waals surface area contributed by atoms with Gasteiger partial charge < -0.3 is 4.90 Å². The molecule has 2 aromatic carbocycles. The number of benzene rings is 2. The number of carbonyl (C=O) groups is 1. The number of rotatable bonds is 6. The van der Waals surface area contributed by atoms with E-state index in [0.717, 1.165) is 18.4 Å². The highest BCUT2D eigenvalue weighted by atomic mass is 32.2. The molecule has 0 radical (unpaired) electrons. The van der Waals surface area contributed by atoms with Crippen LogP contribution >= 0.6 is 0 Å². The summed E-state index contributed by atoms with van der Waals surface area (Å²) in [5.41, 5.74) is 0.814. The molecule has 2 saturated heterocycles. The quantitative estimate of drug-likeness (QED) is 0.710. The van der Waals surface area contributed by atoms with Crippen LogP contribution in [0.15, 0.2) is 64.4 Å². The van der Waals surface area contributed by atoms with Crippen LogP contribution in [0, 0.1) is 6.92 Å². The lowest BCUT2D eigenvalue weighted by Crippen LogP contribution is -2.52. The summed E-state index contributed by atoms with van der Waals surface area (Å²) in [6.45, 7) is 1.47. The highest BCUT2D eigenvalue weighted by molar-refractivity contribution is 7.92. The molecule has 2 aromatic rings. The van der Waals surface area contributed by atoms with Crippen LogP contribution < -0.4 is 4.72 Å². The minimum Gasteiger partial charge on any atom is -0.336 e. The monoisotopic (exact) mass is 462 g/mol. The summed E-state index contributed by atoms with van der Waals surface area (Å²) in [5.74, 6) is -0.306. The minimum atomic E-state index is -3.79. The number of nitrogens with one attached hydrogen (secondary N) is 1. The zero-order valence-electron chi connectivity index (χ0n) is 17.3.